The van der Waals surface area contributed by atoms with Crippen LogP contribution in [0.1, 0.15) is 31.9 Å². The molecule has 94 valence electrons. The molecule has 1 fully saturated rings. The van der Waals surface area contributed by atoms with Crippen LogP contribution in [0.25, 0.3) is 0 Å². The first-order chi connectivity index (χ1) is 8.10. The quantitative estimate of drug-likeness (QED) is 0.929. The molecule has 1 aliphatic rings. The Bertz CT molecular complexity index is 418. The number of likely N-dealkylation sites (tertiary alicyclic amines) is 1. The highest BCUT2D eigenvalue weighted by molar-refractivity contribution is 9.10. The van der Waals surface area contributed by atoms with Gasteiger partial charge in [-0.05, 0) is 47.8 Å². The number of rotatable bonds is 4. The molecular weight excluding hydrogens is 286 g/mol. The number of carboxylic acid groups (broad SMARTS) is 1. The maximum Gasteiger partial charge on any atom is 0.324 e. The van der Waals surface area contributed by atoms with Crippen molar-refractivity contribution in [1.29, 1.82) is 0 Å². The molecule has 0 bridgehead atoms. The Balaban J connectivity index is 2.20. The molecule has 2 heterocycles. The van der Waals surface area contributed by atoms with Gasteiger partial charge in [0.05, 0.1) is 17.3 Å². The van der Waals surface area contributed by atoms with Crippen LogP contribution in [0.4, 0.5) is 0 Å². The fourth-order valence-corrected chi connectivity index (χ4v) is 2.90. The summed E-state index contributed by atoms with van der Waals surface area (Å²) in [5.74, 6) is 0.0751. The van der Waals surface area contributed by atoms with E-state index in [2.05, 4.69) is 15.9 Å². The largest absolute Gasteiger partial charge is 0.480 e. The average molecular weight is 302 g/mol. The molecule has 5 heteroatoms. The van der Waals surface area contributed by atoms with Crippen LogP contribution in [-0.4, -0.2) is 28.1 Å². The molecule has 0 radical (unpaired) electrons. The second kappa shape index (κ2) is 4.82. The van der Waals surface area contributed by atoms with Crippen LogP contribution in [0.15, 0.2) is 21.2 Å². The molecule has 1 unspecified atom stereocenters. The molecule has 0 aliphatic carbocycles. The van der Waals surface area contributed by atoms with E-state index in [0.717, 1.165) is 29.6 Å². The van der Waals surface area contributed by atoms with E-state index in [4.69, 9.17) is 4.42 Å². The number of nitrogens with zero attached hydrogens (tertiary/aromatic N) is 1. The standard InChI is InChI=1S/C12H16BrNO3/c1-2-12(11(15)16)5-3-6-14(12)8-10-9(13)4-7-17-10/h4,7H,2-3,5-6,8H2,1H3,(H,15,16). The first-order valence-electron chi connectivity index (χ1n) is 5.80. The Morgan fingerprint density at radius 3 is 3.00 bits per heavy atom. The predicted molar refractivity (Wildman–Crippen MR) is 66.7 cm³/mol. The molecule has 1 aromatic rings. The Labute approximate surface area is 109 Å². The van der Waals surface area contributed by atoms with E-state index in [9.17, 15) is 9.90 Å². The summed E-state index contributed by atoms with van der Waals surface area (Å²) in [6.45, 7) is 3.30. The molecule has 0 amide bonds. The van der Waals surface area contributed by atoms with Crippen molar-refractivity contribution in [2.24, 2.45) is 0 Å². The summed E-state index contributed by atoms with van der Waals surface area (Å²) in [6.07, 6.45) is 3.89. The van der Waals surface area contributed by atoms with Gasteiger partial charge in [-0.3, -0.25) is 9.69 Å². The lowest BCUT2D eigenvalue weighted by Crippen LogP contribution is -2.49. The van der Waals surface area contributed by atoms with Crippen molar-refractivity contribution >= 4 is 21.9 Å². The maximum absolute atomic E-state index is 11.5. The third kappa shape index (κ3) is 2.13. The summed E-state index contributed by atoms with van der Waals surface area (Å²) in [5, 5.41) is 9.45. The Morgan fingerprint density at radius 2 is 2.47 bits per heavy atom. The predicted octanol–water partition coefficient (Wildman–Crippen LogP) is 2.87. The molecule has 1 saturated heterocycles. The molecule has 0 saturated carbocycles. The Kier molecular flexibility index (Phi) is 3.58. The molecule has 1 aliphatic heterocycles. The molecule has 1 atom stereocenters. The first kappa shape index (κ1) is 12.6. The Morgan fingerprint density at radius 1 is 1.71 bits per heavy atom. The number of furan rings is 1. The van der Waals surface area contributed by atoms with Crippen LogP contribution in [0, 0.1) is 0 Å². The van der Waals surface area contributed by atoms with Crippen LogP contribution in [-0.2, 0) is 11.3 Å². The van der Waals surface area contributed by atoms with Gasteiger partial charge >= 0.3 is 5.97 Å². The van der Waals surface area contributed by atoms with Gasteiger partial charge in [-0.1, -0.05) is 6.92 Å². The SMILES string of the molecule is CCC1(C(=O)O)CCCN1Cc1occc1Br. The fraction of sp³-hybridized carbons (Fsp3) is 0.583. The van der Waals surface area contributed by atoms with Gasteiger partial charge in [-0.2, -0.15) is 0 Å². The number of halogens is 1. The zero-order valence-electron chi connectivity index (χ0n) is 9.78. The monoisotopic (exact) mass is 301 g/mol. The van der Waals surface area contributed by atoms with Gasteiger partial charge in [0.2, 0.25) is 0 Å². The average Bonchev–Trinajstić information content (AvgIpc) is 2.87. The van der Waals surface area contributed by atoms with E-state index in [1.165, 1.54) is 0 Å². The van der Waals surface area contributed by atoms with E-state index < -0.39 is 11.5 Å². The molecule has 1 aromatic heterocycles. The van der Waals surface area contributed by atoms with Crippen molar-refractivity contribution in [2.75, 3.05) is 6.54 Å². The number of hydrogen-bond donors (Lipinski definition) is 1. The van der Waals surface area contributed by atoms with E-state index in [0.29, 0.717) is 13.0 Å². The van der Waals surface area contributed by atoms with Gasteiger partial charge in [0.15, 0.2) is 0 Å². The second-order valence-corrected chi connectivity index (χ2v) is 5.26. The molecule has 4 nitrogen and oxygen atoms in total. The zero-order chi connectivity index (χ0) is 12.5. The van der Waals surface area contributed by atoms with Crippen molar-refractivity contribution in [2.45, 2.75) is 38.3 Å². The van der Waals surface area contributed by atoms with Crippen LogP contribution in [0.3, 0.4) is 0 Å². The minimum absolute atomic E-state index is 0.549. The van der Waals surface area contributed by atoms with Crippen molar-refractivity contribution in [3.05, 3.63) is 22.6 Å². The van der Waals surface area contributed by atoms with Gasteiger partial charge in [-0.25, -0.2) is 0 Å². The summed E-state index contributed by atoms with van der Waals surface area (Å²) in [4.78, 5) is 13.5. The summed E-state index contributed by atoms with van der Waals surface area (Å²) < 4.78 is 6.26. The number of hydrogen-bond acceptors (Lipinski definition) is 3. The van der Waals surface area contributed by atoms with Crippen LogP contribution >= 0.6 is 15.9 Å². The minimum atomic E-state index is -0.722. The van der Waals surface area contributed by atoms with Crippen molar-refractivity contribution in [3.63, 3.8) is 0 Å². The number of carbonyl (C=O) groups is 1. The van der Waals surface area contributed by atoms with E-state index in [-0.39, 0.29) is 0 Å². The molecule has 2 rings (SSSR count). The molecular formula is C12H16BrNO3. The van der Waals surface area contributed by atoms with Crippen molar-refractivity contribution in [1.82, 2.24) is 4.90 Å². The summed E-state index contributed by atoms with van der Waals surface area (Å²) in [5.41, 5.74) is -0.716. The van der Waals surface area contributed by atoms with Gasteiger partial charge < -0.3 is 9.52 Å². The lowest BCUT2D eigenvalue weighted by atomic mass is 9.93. The second-order valence-electron chi connectivity index (χ2n) is 4.41. The third-order valence-corrected chi connectivity index (χ3v) is 4.34. The maximum atomic E-state index is 11.5. The van der Waals surface area contributed by atoms with Gasteiger partial charge in [0, 0.05) is 0 Å². The van der Waals surface area contributed by atoms with Gasteiger partial charge in [-0.15, -0.1) is 0 Å². The van der Waals surface area contributed by atoms with Crippen LogP contribution in [0.2, 0.25) is 0 Å². The number of aliphatic carboxylic acids is 1. The molecule has 0 aromatic carbocycles. The van der Waals surface area contributed by atoms with E-state index >= 15 is 0 Å². The molecule has 17 heavy (non-hydrogen) atoms. The fourth-order valence-electron chi connectivity index (χ4n) is 2.57. The van der Waals surface area contributed by atoms with Crippen LogP contribution < -0.4 is 0 Å². The summed E-state index contributed by atoms with van der Waals surface area (Å²) in [7, 11) is 0. The van der Waals surface area contributed by atoms with Gasteiger partial charge in [0.25, 0.3) is 0 Å². The highest BCUT2D eigenvalue weighted by Crippen LogP contribution is 2.35. The highest BCUT2D eigenvalue weighted by Gasteiger charge is 2.46. The zero-order valence-corrected chi connectivity index (χ0v) is 11.4. The van der Waals surface area contributed by atoms with E-state index in [1.54, 1.807) is 6.26 Å². The summed E-state index contributed by atoms with van der Waals surface area (Å²) >= 11 is 3.40. The number of carboxylic acids is 1. The van der Waals surface area contributed by atoms with Crippen molar-refractivity contribution < 1.29 is 14.3 Å². The van der Waals surface area contributed by atoms with E-state index in [1.807, 2.05) is 17.9 Å². The minimum Gasteiger partial charge on any atom is -0.480 e. The first-order valence-corrected chi connectivity index (χ1v) is 6.60. The third-order valence-electron chi connectivity index (χ3n) is 3.63. The Hall–Kier alpha value is -0.810. The van der Waals surface area contributed by atoms with Crippen molar-refractivity contribution in [3.8, 4) is 0 Å². The summed E-state index contributed by atoms with van der Waals surface area (Å²) in [6, 6.07) is 1.83. The highest BCUT2D eigenvalue weighted by atomic mass is 79.9. The molecule has 1 N–H and O–H groups in total. The molecule has 0 spiro atoms. The normalized spacial score (nSPS) is 25.3. The topological polar surface area (TPSA) is 53.7 Å². The smallest absolute Gasteiger partial charge is 0.324 e. The van der Waals surface area contributed by atoms with Crippen LogP contribution in [0.5, 0.6) is 0 Å². The van der Waals surface area contributed by atoms with Gasteiger partial charge in [0.1, 0.15) is 11.3 Å². The lowest BCUT2D eigenvalue weighted by molar-refractivity contribution is -0.150. The lowest BCUT2D eigenvalue weighted by Gasteiger charge is -2.33.